The molecular formula is C8H12N2O3S. The highest BCUT2D eigenvalue weighted by Gasteiger charge is 2.22. The van der Waals surface area contributed by atoms with E-state index in [1.54, 1.807) is 18.7 Å². The van der Waals surface area contributed by atoms with Crippen LogP contribution in [-0.2, 0) is 4.74 Å². The van der Waals surface area contributed by atoms with Crippen LogP contribution in [0.4, 0.5) is 0 Å². The van der Waals surface area contributed by atoms with Gasteiger partial charge in [-0.15, -0.1) is 0 Å². The van der Waals surface area contributed by atoms with Gasteiger partial charge < -0.3 is 14.4 Å². The van der Waals surface area contributed by atoms with Crippen LogP contribution in [0.1, 0.15) is 30.8 Å². The van der Waals surface area contributed by atoms with Crippen LogP contribution in [0.25, 0.3) is 0 Å². The summed E-state index contributed by atoms with van der Waals surface area (Å²) in [6.07, 6.45) is -0.808. The number of nitrogens with zero attached hydrogens (tertiary/aromatic N) is 2. The van der Waals surface area contributed by atoms with E-state index in [2.05, 4.69) is 10.1 Å². The van der Waals surface area contributed by atoms with Crippen LogP contribution in [-0.4, -0.2) is 33.4 Å². The third kappa shape index (κ3) is 2.08. The third-order valence-electron chi connectivity index (χ3n) is 1.92. The Balaban J connectivity index is 2.07. The molecule has 1 saturated heterocycles. The molecule has 2 rings (SSSR count). The van der Waals surface area contributed by atoms with E-state index in [9.17, 15) is 5.11 Å². The molecule has 2 heterocycles. The van der Waals surface area contributed by atoms with Gasteiger partial charge in [0, 0.05) is 11.5 Å². The molecule has 0 radical (unpaired) electrons. The van der Waals surface area contributed by atoms with E-state index in [1.165, 1.54) is 0 Å². The van der Waals surface area contributed by atoms with Crippen LogP contribution in [0.2, 0.25) is 0 Å². The van der Waals surface area contributed by atoms with Crippen molar-refractivity contribution in [2.75, 3.05) is 18.1 Å². The maximum atomic E-state index is 9.19. The van der Waals surface area contributed by atoms with Crippen molar-refractivity contribution < 1.29 is 14.4 Å². The first-order chi connectivity index (χ1) is 6.77. The second-order valence-corrected chi connectivity index (χ2v) is 4.25. The van der Waals surface area contributed by atoms with Gasteiger partial charge in [0.2, 0.25) is 5.82 Å². The molecule has 1 aliphatic rings. The van der Waals surface area contributed by atoms with Gasteiger partial charge in [-0.1, -0.05) is 5.16 Å². The Hall–Kier alpha value is -0.590. The predicted octanol–water partition coefficient (Wildman–Crippen LogP) is 0.927. The summed E-state index contributed by atoms with van der Waals surface area (Å²) in [4.78, 5) is 4.07. The second kappa shape index (κ2) is 4.29. The number of rotatable bonds is 2. The summed E-state index contributed by atoms with van der Waals surface area (Å²) in [5, 5.41) is 13.0. The van der Waals surface area contributed by atoms with Crippen LogP contribution < -0.4 is 0 Å². The number of thioether (sulfide) groups is 1. The summed E-state index contributed by atoms with van der Waals surface area (Å²) in [6.45, 7) is 2.31. The second-order valence-electron chi connectivity index (χ2n) is 3.10. The zero-order valence-corrected chi connectivity index (χ0v) is 8.66. The Morgan fingerprint density at radius 3 is 3.07 bits per heavy atom. The first-order valence-corrected chi connectivity index (χ1v) is 5.64. The molecule has 78 valence electrons. The standard InChI is InChI=1S/C8H12N2O3S/c1-5(11)8-9-7(10-13-8)6-4-14-3-2-12-6/h5-6,11H,2-4H2,1H3/t5-,6?/m0/s1. The lowest BCUT2D eigenvalue weighted by atomic mass is 10.3. The molecule has 1 aliphatic heterocycles. The average Bonchev–Trinajstić information content (AvgIpc) is 2.68. The van der Waals surface area contributed by atoms with Crippen LogP contribution >= 0.6 is 11.8 Å². The molecule has 1 N–H and O–H groups in total. The Bertz CT molecular complexity index is 297. The number of aromatic nitrogens is 2. The molecule has 0 amide bonds. The number of hydrogen-bond donors (Lipinski definition) is 1. The molecule has 1 fully saturated rings. The van der Waals surface area contributed by atoms with Crippen molar-refractivity contribution in [2.45, 2.75) is 19.1 Å². The minimum atomic E-state index is -0.715. The van der Waals surface area contributed by atoms with E-state index in [-0.39, 0.29) is 12.0 Å². The minimum Gasteiger partial charge on any atom is -0.384 e. The van der Waals surface area contributed by atoms with Gasteiger partial charge in [-0.25, -0.2) is 0 Å². The van der Waals surface area contributed by atoms with Gasteiger partial charge in [0.15, 0.2) is 0 Å². The average molecular weight is 216 g/mol. The molecule has 6 heteroatoms. The van der Waals surface area contributed by atoms with Gasteiger partial charge >= 0.3 is 0 Å². The predicted molar refractivity (Wildman–Crippen MR) is 50.9 cm³/mol. The first-order valence-electron chi connectivity index (χ1n) is 4.48. The highest BCUT2D eigenvalue weighted by atomic mass is 32.2. The lowest BCUT2D eigenvalue weighted by Gasteiger charge is -2.18. The van der Waals surface area contributed by atoms with Gasteiger partial charge in [-0.2, -0.15) is 16.7 Å². The smallest absolute Gasteiger partial charge is 0.255 e. The zero-order valence-electron chi connectivity index (χ0n) is 7.84. The molecule has 2 atom stereocenters. The van der Waals surface area contributed by atoms with E-state index in [0.717, 1.165) is 11.5 Å². The highest BCUT2D eigenvalue weighted by molar-refractivity contribution is 7.99. The molecule has 0 spiro atoms. The fraction of sp³-hybridized carbons (Fsp3) is 0.750. The lowest BCUT2D eigenvalue weighted by molar-refractivity contribution is 0.0676. The summed E-state index contributed by atoms with van der Waals surface area (Å²) < 4.78 is 10.3. The monoisotopic (exact) mass is 216 g/mol. The minimum absolute atomic E-state index is 0.0926. The van der Waals surface area contributed by atoms with Gasteiger partial charge in [-0.05, 0) is 6.92 Å². The van der Waals surface area contributed by atoms with Crippen molar-refractivity contribution in [1.29, 1.82) is 0 Å². The summed E-state index contributed by atoms with van der Waals surface area (Å²) in [7, 11) is 0. The molecule has 14 heavy (non-hydrogen) atoms. The normalized spacial score (nSPS) is 24.9. The van der Waals surface area contributed by atoms with Gasteiger partial charge in [-0.3, -0.25) is 0 Å². The Labute approximate surface area is 85.8 Å². The SMILES string of the molecule is C[C@H](O)c1nc(C2CSCCO2)no1. The van der Waals surface area contributed by atoms with Crippen molar-refractivity contribution in [2.24, 2.45) is 0 Å². The van der Waals surface area contributed by atoms with Gasteiger partial charge in [0.25, 0.3) is 5.89 Å². The Morgan fingerprint density at radius 1 is 1.64 bits per heavy atom. The van der Waals surface area contributed by atoms with Crippen LogP contribution in [0, 0.1) is 0 Å². The fourth-order valence-electron chi connectivity index (χ4n) is 1.18. The van der Waals surface area contributed by atoms with Crippen LogP contribution in [0.15, 0.2) is 4.52 Å². The lowest BCUT2D eigenvalue weighted by Crippen LogP contribution is -2.16. The topological polar surface area (TPSA) is 68.4 Å². The maximum Gasteiger partial charge on any atom is 0.255 e. The van der Waals surface area contributed by atoms with E-state index >= 15 is 0 Å². The molecule has 0 saturated carbocycles. The van der Waals surface area contributed by atoms with Crippen LogP contribution in [0.5, 0.6) is 0 Å². The quantitative estimate of drug-likeness (QED) is 0.793. The summed E-state index contributed by atoms with van der Waals surface area (Å²) in [6, 6.07) is 0. The number of aliphatic hydroxyl groups is 1. The van der Waals surface area contributed by atoms with Crippen molar-refractivity contribution >= 4 is 11.8 Å². The molecule has 1 aromatic heterocycles. The number of ether oxygens (including phenoxy) is 1. The summed E-state index contributed by atoms with van der Waals surface area (Å²) in [5.41, 5.74) is 0. The zero-order chi connectivity index (χ0) is 9.97. The summed E-state index contributed by atoms with van der Waals surface area (Å²) >= 11 is 1.81. The molecule has 0 aromatic carbocycles. The van der Waals surface area contributed by atoms with Crippen molar-refractivity contribution in [3.05, 3.63) is 11.7 Å². The Kier molecular flexibility index (Phi) is 3.05. The van der Waals surface area contributed by atoms with E-state index in [4.69, 9.17) is 9.26 Å². The van der Waals surface area contributed by atoms with Crippen molar-refractivity contribution in [3.63, 3.8) is 0 Å². The Morgan fingerprint density at radius 2 is 2.50 bits per heavy atom. The fourth-order valence-corrected chi connectivity index (χ4v) is 2.02. The number of hydrogen-bond acceptors (Lipinski definition) is 6. The van der Waals surface area contributed by atoms with E-state index in [0.29, 0.717) is 12.4 Å². The van der Waals surface area contributed by atoms with Gasteiger partial charge in [0.05, 0.1) is 6.61 Å². The largest absolute Gasteiger partial charge is 0.384 e. The van der Waals surface area contributed by atoms with Crippen LogP contribution in [0.3, 0.4) is 0 Å². The molecule has 0 aliphatic carbocycles. The van der Waals surface area contributed by atoms with E-state index < -0.39 is 6.10 Å². The molecule has 1 aromatic rings. The van der Waals surface area contributed by atoms with Crippen molar-refractivity contribution in [3.8, 4) is 0 Å². The summed E-state index contributed by atoms with van der Waals surface area (Å²) in [5.74, 6) is 2.64. The highest BCUT2D eigenvalue weighted by Crippen LogP contribution is 2.25. The molecule has 0 bridgehead atoms. The van der Waals surface area contributed by atoms with Gasteiger partial charge in [0.1, 0.15) is 12.2 Å². The molecular weight excluding hydrogens is 204 g/mol. The van der Waals surface area contributed by atoms with Crippen molar-refractivity contribution in [1.82, 2.24) is 10.1 Å². The molecule has 5 nitrogen and oxygen atoms in total. The number of aliphatic hydroxyl groups excluding tert-OH is 1. The first kappa shape index (κ1) is 9.95. The third-order valence-corrected chi connectivity index (χ3v) is 2.91. The maximum absolute atomic E-state index is 9.19. The molecule has 1 unspecified atom stereocenters. The van der Waals surface area contributed by atoms with E-state index in [1.807, 2.05) is 0 Å².